The molecule has 0 bridgehead atoms. The number of nitro groups is 1. The quantitative estimate of drug-likeness (QED) is 0.530. The van der Waals surface area contributed by atoms with Gasteiger partial charge in [0.15, 0.2) is 11.5 Å². The SMILES string of the molecule is COc1cccc(-c2cc(-c3ccc([N+](=O)[O-])cc3)nc(N)c2C#N)c1OC. The summed E-state index contributed by atoms with van der Waals surface area (Å²) in [5, 5.41) is 20.5. The first-order valence-corrected chi connectivity index (χ1v) is 8.17. The summed E-state index contributed by atoms with van der Waals surface area (Å²) in [5.41, 5.74) is 8.47. The molecule has 0 fully saturated rings. The molecule has 28 heavy (non-hydrogen) atoms. The van der Waals surface area contributed by atoms with E-state index in [0.717, 1.165) is 0 Å². The van der Waals surface area contributed by atoms with Gasteiger partial charge in [0.05, 0.1) is 24.8 Å². The smallest absolute Gasteiger partial charge is 0.269 e. The fraction of sp³-hybridized carbons (Fsp3) is 0.100. The Morgan fingerprint density at radius 1 is 1.11 bits per heavy atom. The molecule has 0 atom stereocenters. The summed E-state index contributed by atoms with van der Waals surface area (Å²) in [6.07, 6.45) is 0. The number of hydrogen-bond acceptors (Lipinski definition) is 7. The highest BCUT2D eigenvalue weighted by Gasteiger charge is 2.19. The number of nitrogen functional groups attached to an aromatic ring is 1. The lowest BCUT2D eigenvalue weighted by Crippen LogP contribution is -2.01. The molecule has 140 valence electrons. The molecule has 3 rings (SSSR count). The summed E-state index contributed by atoms with van der Waals surface area (Å²) < 4.78 is 10.8. The Labute approximate surface area is 160 Å². The molecule has 0 amide bonds. The van der Waals surface area contributed by atoms with Crippen LogP contribution in [-0.4, -0.2) is 24.1 Å². The van der Waals surface area contributed by atoms with Crippen LogP contribution in [0.4, 0.5) is 11.5 Å². The number of pyridine rings is 1. The number of rotatable bonds is 5. The van der Waals surface area contributed by atoms with E-state index in [0.29, 0.717) is 33.9 Å². The number of nitriles is 1. The fourth-order valence-corrected chi connectivity index (χ4v) is 2.90. The van der Waals surface area contributed by atoms with Gasteiger partial charge in [0.2, 0.25) is 0 Å². The lowest BCUT2D eigenvalue weighted by molar-refractivity contribution is -0.384. The highest BCUT2D eigenvalue weighted by molar-refractivity contribution is 5.84. The van der Waals surface area contributed by atoms with E-state index in [2.05, 4.69) is 11.1 Å². The topological polar surface area (TPSA) is 124 Å². The van der Waals surface area contributed by atoms with Gasteiger partial charge in [-0.15, -0.1) is 0 Å². The number of aromatic nitrogens is 1. The number of anilines is 1. The Morgan fingerprint density at radius 2 is 1.82 bits per heavy atom. The zero-order chi connectivity index (χ0) is 20.3. The van der Waals surface area contributed by atoms with Gasteiger partial charge in [-0.1, -0.05) is 12.1 Å². The fourth-order valence-electron chi connectivity index (χ4n) is 2.90. The monoisotopic (exact) mass is 376 g/mol. The van der Waals surface area contributed by atoms with Crippen LogP contribution >= 0.6 is 0 Å². The van der Waals surface area contributed by atoms with Crippen molar-refractivity contribution in [3.8, 4) is 40.0 Å². The summed E-state index contributed by atoms with van der Waals surface area (Å²) in [6.45, 7) is 0. The largest absolute Gasteiger partial charge is 0.493 e. The second-order valence-corrected chi connectivity index (χ2v) is 5.77. The lowest BCUT2D eigenvalue weighted by atomic mass is 9.97. The second-order valence-electron chi connectivity index (χ2n) is 5.77. The maximum atomic E-state index is 10.9. The summed E-state index contributed by atoms with van der Waals surface area (Å²) in [7, 11) is 3.03. The van der Waals surface area contributed by atoms with E-state index < -0.39 is 4.92 Å². The number of ether oxygens (including phenoxy) is 2. The molecule has 0 aliphatic carbocycles. The minimum atomic E-state index is -0.475. The molecule has 0 aliphatic rings. The number of nitro benzene ring substituents is 1. The molecule has 0 saturated heterocycles. The van der Waals surface area contributed by atoms with Gasteiger partial charge in [0, 0.05) is 28.8 Å². The highest BCUT2D eigenvalue weighted by atomic mass is 16.6. The maximum absolute atomic E-state index is 10.9. The van der Waals surface area contributed by atoms with Crippen molar-refractivity contribution in [2.75, 3.05) is 20.0 Å². The molecular formula is C20H16N4O4. The molecule has 0 aliphatic heterocycles. The molecule has 2 aromatic carbocycles. The van der Waals surface area contributed by atoms with Crippen LogP contribution in [0.2, 0.25) is 0 Å². The van der Waals surface area contributed by atoms with E-state index >= 15 is 0 Å². The first kappa shape index (κ1) is 18.7. The summed E-state index contributed by atoms with van der Waals surface area (Å²) in [5.74, 6) is 1.02. The molecule has 0 spiro atoms. The Kier molecular flexibility index (Phi) is 5.09. The van der Waals surface area contributed by atoms with Gasteiger partial charge in [-0.25, -0.2) is 4.98 Å². The third kappa shape index (κ3) is 3.29. The third-order valence-electron chi connectivity index (χ3n) is 4.23. The number of benzene rings is 2. The van der Waals surface area contributed by atoms with Gasteiger partial charge in [0.1, 0.15) is 17.5 Å². The van der Waals surface area contributed by atoms with Crippen molar-refractivity contribution < 1.29 is 14.4 Å². The van der Waals surface area contributed by atoms with Crippen molar-refractivity contribution in [2.45, 2.75) is 0 Å². The predicted octanol–water partition coefficient (Wildman–Crippen LogP) is 3.79. The maximum Gasteiger partial charge on any atom is 0.269 e. The van der Waals surface area contributed by atoms with E-state index in [9.17, 15) is 15.4 Å². The van der Waals surface area contributed by atoms with Crippen molar-refractivity contribution in [1.82, 2.24) is 4.98 Å². The number of hydrogen-bond donors (Lipinski definition) is 1. The lowest BCUT2D eigenvalue weighted by Gasteiger charge is -2.15. The van der Waals surface area contributed by atoms with Gasteiger partial charge < -0.3 is 15.2 Å². The molecule has 0 unspecified atom stereocenters. The minimum absolute atomic E-state index is 0.0277. The van der Waals surface area contributed by atoms with E-state index in [1.807, 2.05) is 0 Å². The van der Waals surface area contributed by atoms with Gasteiger partial charge in [0.25, 0.3) is 5.69 Å². The van der Waals surface area contributed by atoms with Crippen LogP contribution in [0.15, 0.2) is 48.5 Å². The molecule has 8 heteroatoms. The summed E-state index contributed by atoms with van der Waals surface area (Å²) in [4.78, 5) is 14.7. The van der Waals surface area contributed by atoms with Crippen molar-refractivity contribution in [3.63, 3.8) is 0 Å². The number of nitrogens with zero attached hydrogens (tertiary/aromatic N) is 3. The predicted molar refractivity (Wildman–Crippen MR) is 104 cm³/mol. The van der Waals surface area contributed by atoms with E-state index in [1.165, 1.54) is 26.4 Å². The average molecular weight is 376 g/mol. The minimum Gasteiger partial charge on any atom is -0.493 e. The van der Waals surface area contributed by atoms with Crippen LogP contribution in [0, 0.1) is 21.4 Å². The number of nitrogens with two attached hydrogens (primary N) is 1. The molecule has 3 aromatic rings. The molecule has 0 radical (unpaired) electrons. The Bertz CT molecular complexity index is 1090. The van der Waals surface area contributed by atoms with E-state index in [4.69, 9.17) is 15.2 Å². The van der Waals surface area contributed by atoms with Gasteiger partial charge in [-0.3, -0.25) is 10.1 Å². The third-order valence-corrected chi connectivity index (χ3v) is 4.23. The van der Waals surface area contributed by atoms with Crippen molar-refractivity contribution >= 4 is 11.5 Å². The molecule has 2 N–H and O–H groups in total. The average Bonchev–Trinajstić information content (AvgIpc) is 2.72. The number of methoxy groups -OCH3 is 2. The molecule has 1 aromatic heterocycles. The molecule has 0 saturated carbocycles. The summed E-state index contributed by atoms with van der Waals surface area (Å²) >= 11 is 0. The van der Waals surface area contributed by atoms with Crippen molar-refractivity contribution in [3.05, 3.63) is 64.2 Å². The Morgan fingerprint density at radius 3 is 2.39 bits per heavy atom. The molecule has 1 heterocycles. The van der Waals surface area contributed by atoms with Gasteiger partial charge in [-0.2, -0.15) is 5.26 Å². The van der Waals surface area contributed by atoms with Crippen LogP contribution in [0.25, 0.3) is 22.4 Å². The highest BCUT2D eigenvalue weighted by Crippen LogP contribution is 2.41. The normalized spacial score (nSPS) is 10.2. The van der Waals surface area contributed by atoms with Crippen LogP contribution in [0.1, 0.15) is 5.56 Å². The summed E-state index contributed by atoms with van der Waals surface area (Å²) in [6, 6.07) is 15.0. The Balaban J connectivity index is 2.23. The van der Waals surface area contributed by atoms with Crippen molar-refractivity contribution in [1.29, 1.82) is 5.26 Å². The molecule has 8 nitrogen and oxygen atoms in total. The van der Waals surface area contributed by atoms with E-state index in [-0.39, 0.29) is 17.1 Å². The zero-order valence-corrected chi connectivity index (χ0v) is 15.2. The van der Waals surface area contributed by atoms with Gasteiger partial charge >= 0.3 is 0 Å². The van der Waals surface area contributed by atoms with E-state index in [1.54, 1.807) is 36.4 Å². The van der Waals surface area contributed by atoms with Crippen LogP contribution < -0.4 is 15.2 Å². The second kappa shape index (κ2) is 7.63. The first-order valence-electron chi connectivity index (χ1n) is 8.17. The number of non-ortho nitro benzene ring substituents is 1. The standard InChI is InChI=1S/C20H16N4O4/c1-27-18-5-3-4-14(19(18)28-2)15-10-17(23-20(22)16(15)11-21)12-6-8-13(9-7-12)24(25)26/h3-10H,1-2H3,(H2,22,23). The zero-order valence-electron chi connectivity index (χ0n) is 15.2. The molecular weight excluding hydrogens is 360 g/mol. The Hall–Kier alpha value is -4.12. The van der Waals surface area contributed by atoms with Crippen LogP contribution in [-0.2, 0) is 0 Å². The van der Waals surface area contributed by atoms with Crippen LogP contribution in [0.3, 0.4) is 0 Å². The van der Waals surface area contributed by atoms with Crippen molar-refractivity contribution in [2.24, 2.45) is 0 Å². The number of para-hydroxylation sites is 1. The van der Waals surface area contributed by atoms with Crippen LogP contribution in [0.5, 0.6) is 11.5 Å². The first-order chi connectivity index (χ1) is 13.5. The van der Waals surface area contributed by atoms with Gasteiger partial charge in [-0.05, 0) is 24.3 Å².